The van der Waals surface area contributed by atoms with Crippen LogP contribution in [0.25, 0.3) is 0 Å². The van der Waals surface area contributed by atoms with Gasteiger partial charge in [0.05, 0.1) is 17.1 Å². The van der Waals surface area contributed by atoms with Crippen LogP contribution in [-0.4, -0.2) is 35.2 Å². The van der Waals surface area contributed by atoms with E-state index in [1.54, 1.807) is 0 Å². The fourth-order valence-corrected chi connectivity index (χ4v) is 2.04. The summed E-state index contributed by atoms with van der Waals surface area (Å²) >= 11 is 0. The van der Waals surface area contributed by atoms with Crippen LogP contribution in [0.3, 0.4) is 0 Å². The molecule has 1 fully saturated rings. The first-order valence-electron chi connectivity index (χ1n) is 6.21. The number of aliphatic hydroxyl groups is 1. The molecule has 0 aromatic rings. The van der Waals surface area contributed by atoms with Gasteiger partial charge in [0.15, 0.2) is 0 Å². The van der Waals surface area contributed by atoms with Gasteiger partial charge in [-0.2, -0.15) is 5.26 Å². The summed E-state index contributed by atoms with van der Waals surface area (Å²) in [5.41, 5.74) is -0.714. The first-order valence-corrected chi connectivity index (χ1v) is 6.21. The summed E-state index contributed by atoms with van der Waals surface area (Å²) in [6, 6.07) is 2.34. The van der Waals surface area contributed by atoms with Gasteiger partial charge in [-0.15, -0.1) is 0 Å². The molecule has 1 aliphatic rings. The van der Waals surface area contributed by atoms with Crippen molar-refractivity contribution in [2.45, 2.75) is 52.1 Å². The van der Waals surface area contributed by atoms with Gasteiger partial charge in [-0.3, -0.25) is 0 Å². The molecule has 1 rings (SSSR count). The fourth-order valence-electron chi connectivity index (χ4n) is 2.04. The van der Waals surface area contributed by atoms with Gasteiger partial charge in [0, 0.05) is 6.54 Å². The van der Waals surface area contributed by atoms with Crippen molar-refractivity contribution in [2.75, 3.05) is 19.6 Å². The number of hydrogen-bond donors (Lipinski definition) is 1. The molecule has 0 aliphatic carbocycles. The van der Waals surface area contributed by atoms with E-state index in [1.165, 1.54) is 0 Å². The SMILES string of the molecule is CC(C)(C#N)CCN1CCCC(C)(O)CC1. The smallest absolute Gasteiger partial charge is 0.0684 e. The number of rotatable bonds is 3. The van der Waals surface area contributed by atoms with Crippen molar-refractivity contribution < 1.29 is 5.11 Å². The van der Waals surface area contributed by atoms with Crippen LogP contribution in [0.5, 0.6) is 0 Å². The Labute approximate surface area is 99.1 Å². The largest absolute Gasteiger partial charge is 0.390 e. The molecule has 1 N–H and O–H groups in total. The monoisotopic (exact) mass is 224 g/mol. The Hall–Kier alpha value is -0.590. The second-order valence-electron chi connectivity index (χ2n) is 5.94. The van der Waals surface area contributed by atoms with Crippen molar-refractivity contribution in [1.29, 1.82) is 5.26 Å². The molecule has 0 aromatic carbocycles. The van der Waals surface area contributed by atoms with Crippen LogP contribution >= 0.6 is 0 Å². The van der Waals surface area contributed by atoms with Gasteiger partial charge in [0.2, 0.25) is 0 Å². The number of hydrogen-bond acceptors (Lipinski definition) is 3. The average molecular weight is 224 g/mol. The molecule has 3 nitrogen and oxygen atoms in total. The van der Waals surface area contributed by atoms with Gasteiger partial charge in [-0.1, -0.05) is 0 Å². The molecular weight excluding hydrogens is 200 g/mol. The van der Waals surface area contributed by atoms with E-state index in [9.17, 15) is 5.11 Å². The zero-order chi connectivity index (χ0) is 12.2. The van der Waals surface area contributed by atoms with E-state index in [1.807, 2.05) is 20.8 Å². The van der Waals surface area contributed by atoms with Crippen molar-refractivity contribution in [3.05, 3.63) is 0 Å². The summed E-state index contributed by atoms with van der Waals surface area (Å²) in [5.74, 6) is 0. The van der Waals surface area contributed by atoms with E-state index in [4.69, 9.17) is 5.26 Å². The highest BCUT2D eigenvalue weighted by atomic mass is 16.3. The standard InChI is InChI=1S/C13H24N2O/c1-12(2,11-14)6-9-15-8-4-5-13(3,16)7-10-15/h16H,4-10H2,1-3H3. The highest BCUT2D eigenvalue weighted by Gasteiger charge is 2.26. The van der Waals surface area contributed by atoms with E-state index < -0.39 is 5.60 Å². The van der Waals surface area contributed by atoms with E-state index in [0.29, 0.717) is 0 Å². The first-order chi connectivity index (χ1) is 7.35. The van der Waals surface area contributed by atoms with E-state index in [0.717, 1.165) is 45.3 Å². The third-order valence-corrected chi connectivity index (χ3v) is 3.51. The molecule has 16 heavy (non-hydrogen) atoms. The van der Waals surface area contributed by atoms with Crippen LogP contribution in [0.1, 0.15) is 46.5 Å². The lowest BCUT2D eigenvalue weighted by atomic mass is 9.91. The molecule has 1 atom stereocenters. The second kappa shape index (κ2) is 5.16. The fraction of sp³-hybridized carbons (Fsp3) is 0.923. The van der Waals surface area contributed by atoms with Gasteiger partial charge >= 0.3 is 0 Å². The van der Waals surface area contributed by atoms with Crippen LogP contribution in [0.4, 0.5) is 0 Å². The second-order valence-corrected chi connectivity index (χ2v) is 5.94. The molecule has 92 valence electrons. The zero-order valence-corrected chi connectivity index (χ0v) is 10.8. The van der Waals surface area contributed by atoms with Gasteiger partial charge in [0.1, 0.15) is 0 Å². The van der Waals surface area contributed by atoms with Gasteiger partial charge < -0.3 is 10.0 Å². The molecule has 0 aromatic heterocycles. The third-order valence-electron chi connectivity index (χ3n) is 3.51. The van der Waals surface area contributed by atoms with Crippen molar-refractivity contribution in [3.8, 4) is 6.07 Å². The Bertz CT molecular complexity index is 266. The Kier molecular flexibility index (Phi) is 4.35. The predicted octanol–water partition coefficient (Wildman–Crippen LogP) is 2.16. The molecule has 0 amide bonds. The molecule has 0 spiro atoms. The van der Waals surface area contributed by atoms with Gasteiger partial charge in [-0.25, -0.2) is 0 Å². The lowest BCUT2D eigenvalue weighted by molar-refractivity contribution is 0.0444. The summed E-state index contributed by atoms with van der Waals surface area (Å²) in [7, 11) is 0. The Balaban J connectivity index is 2.37. The zero-order valence-electron chi connectivity index (χ0n) is 10.8. The predicted molar refractivity (Wildman–Crippen MR) is 64.9 cm³/mol. The maximum Gasteiger partial charge on any atom is 0.0684 e. The van der Waals surface area contributed by atoms with Crippen LogP contribution in [0.15, 0.2) is 0 Å². The summed E-state index contributed by atoms with van der Waals surface area (Å²) in [6.07, 6.45) is 3.71. The summed E-state index contributed by atoms with van der Waals surface area (Å²) in [6.45, 7) is 8.88. The molecule has 3 heteroatoms. The minimum atomic E-state index is -0.487. The van der Waals surface area contributed by atoms with Crippen LogP contribution in [0, 0.1) is 16.7 Å². The number of nitrogens with zero attached hydrogens (tertiary/aromatic N) is 2. The Morgan fingerprint density at radius 3 is 2.69 bits per heavy atom. The molecule has 0 radical (unpaired) electrons. The third kappa shape index (κ3) is 4.51. The quantitative estimate of drug-likeness (QED) is 0.799. The van der Waals surface area contributed by atoms with Crippen LogP contribution in [-0.2, 0) is 0 Å². The van der Waals surface area contributed by atoms with E-state index >= 15 is 0 Å². The number of nitriles is 1. The highest BCUT2D eigenvalue weighted by Crippen LogP contribution is 2.23. The van der Waals surface area contributed by atoms with Crippen molar-refractivity contribution in [1.82, 2.24) is 4.90 Å². The van der Waals surface area contributed by atoms with Gasteiger partial charge in [0.25, 0.3) is 0 Å². The van der Waals surface area contributed by atoms with Crippen molar-refractivity contribution >= 4 is 0 Å². The lowest BCUT2D eigenvalue weighted by Gasteiger charge is -2.24. The number of likely N-dealkylation sites (tertiary alicyclic amines) is 1. The average Bonchev–Trinajstić information content (AvgIpc) is 2.37. The lowest BCUT2D eigenvalue weighted by Crippen LogP contribution is -2.31. The Morgan fingerprint density at radius 1 is 1.38 bits per heavy atom. The molecule has 1 saturated heterocycles. The maximum absolute atomic E-state index is 9.97. The Morgan fingerprint density at radius 2 is 2.06 bits per heavy atom. The van der Waals surface area contributed by atoms with E-state index in [-0.39, 0.29) is 5.41 Å². The van der Waals surface area contributed by atoms with Crippen LogP contribution < -0.4 is 0 Å². The summed E-state index contributed by atoms with van der Waals surface area (Å²) in [4.78, 5) is 2.38. The normalized spacial score (nSPS) is 28.4. The molecular formula is C13H24N2O. The van der Waals surface area contributed by atoms with Crippen molar-refractivity contribution in [2.24, 2.45) is 5.41 Å². The maximum atomic E-state index is 9.97. The summed E-state index contributed by atoms with van der Waals surface area (Å²) in [5, 5.41) is 18.9. The molecule has 1 unspecified atom stereocenters. The van der Waals surface area contributed by atoms with Gasteiger partial charge in [-0.05, 0) is 59.5 Å². The highest BCUT2D eigenvalue weighted by molar-refractivity contribution is 4.92. The van der Waals surface area contributed by atoms with Crippen LogP contribution in [0.2, 0.25) is 0 Å². The first kappa shape index (κ1) is 13.5. The molecule has 1 aliphatic heterocycles. The molecule has 0 saturated carbocycles. The minimum absolute atomic E-state index is 0.227. The molecule has 0 bridgehead atoms. The summed E-state index contributed by atoms with van der Waals surface area (Å²) < 4.78 is 0. The topological polar surface area (TPSA) is 47.3 Å². The van der Waals surface area contributed by atoms with Crippen molar-refractivity contribution in [3.63, 3.8) is 0 Å². The minimum Gasteiger partial charge on any atom is -0.390 e. The van der Waals surface area contributed by atoms with E-state index in [2.05, 4.69) is 11.0 Å². The molecule has 1 heterocycles.